The highest BCUT2D eigenvalue weighted by Crippen LogP contribution is 2.21. The van der Waals surface area contributed by atoms with Crippen LogP contribution in [-0.4, -0.2) is 27.5 Å². The van der Waals surface area contributed by atoms with E-state index in [9.17, 15) is 13.2 Å². The van der Waals surface area contributed by atoms with Gasteiger partial charge in [0.1, 0.15) is 10.9 Å². The van der Waals surface area contributed by atoms with Crippen molar-refractivity contribution in [2.45, 2.75) is 12.7 Å². The summed E-state index contributed by atoms with van der Waals surface area (Å²) < 4.78 is 42.6. The second-order valence-corrected chi connectivity index (χ2v) is 5.27. The van der Waals surface area contributed by atoms with Gasteiger partial charge in [-0.15, -0.1) is 0 Å². The molecule has 0 spiro atoms. The molecule has 120 valence electrons. The van der Waals surface area contributed by atoms with E-state index in [1.165, 1.54) is 12.1 Å². The summed E-state index contributed by atoms with van der Waals surface area (Å²) >= 11 is 5.99. The number of benzene rings is 1. The minimum Gasteiger partial charge on any atom is -0.484 e. The molecule has 0 atom stereocenters. The molecule has 0 saturated carbocycles. The van der Waals surface area contributed by atoms with Crippen molar-refractivity contribution in [2.75, 3.05) is 6.61 Å². The van der Waals surface area contributed by atoms with Gasteiger partial charge in [-0.1, -0.05) is 23.7 Å². The van der Waals surface area contributed by atoms with Gasteiger partial charge in [-0.25, -0.2) is 4.98 Å². The molecule has 0 radical (unpaired) electrons. The first-order valence-electron chi connectivity index (χ1n) is 6.67. The van der Waals surface area contributed by atoms with E-state index in [4.69, 9.17) is 11.6 Å². The molecule has 0 aliphatic carbocycles. The van der Waals surface area contributed by atoms with Gasteiger partial charge in [0.15, 0.2) is 6.61 Å². The molecule has 0 fully saturated rings. The smallest absolute Gasteiger partial charge is 0.422 e. The minimum atomic E-state index is -4.35. The lowest BCUT2D eigenvalue weighted by Crippen LogP contribution is -2.19. The number of fused-ring (bicyclic) bond motifs is 1. The number of pyridine rings is 1. The second kappa shape index (κ2) is 6.08. The van der Waals surface area contributed by atoms with Crippen LogP contribution >= 0.6 is 11.6 Å². The Kier molecular flexibility index (Phi) is 4.12. The van der Waals surface area contributed by atoms with E-state index < -0.39 is 12.8 Å². The lowest BCUT2D eigenvalue weighted by molar-refractivity contribution is -0.153. The number of ether oxygens (including phenoxy) is 1. The summed E-state index contributed by atoms with van der Waals surface area (Å²) in [5, 5.41) is 5.50. The zero-order valence-electron chi connectivity index (χ0n) is 11.7. The van der Waals surface area contributed by atoms with E-state index in [1.54, 1.807) is 35.3 Å². The van der Waals surface area contributed by atoms with Gasteiger partial charge in [-0.3, -0.25) is 4.68 Å². The predicted octanol–water partition coefficient (Wildman–Crippen LogP) is 4.07. The maximum Gasteiger partial charge on any atom is 0.422 e. The zero-order chi connectivity index (χ0) is 16.4. The number of hydrogen-bond donors (Lipinski definition) is 0. The summed E-state index contributed by atoms with van der Waals surface area (Å²) in [6, 6.07) is 8.14. The number of alkyl halides is 3. The van der Waals surface area contributed by atoms with Gasteiger partial charge in [0.05, 0.1) is 17.4 Å². The first-order chi connectivity index (χ1) is 10.9. The van der Waals surface area contributed by atoms with Crippen molar-refractivity contribution in [1.82, 2.24) is 14.8 Å². The largest absolute Gasteiger partial charge is 0.484 e. The zero-order valence-corrected chi connectivity index (χ0v) is 12.5. The molecule has 4 nitrogen and oxygen atoms in total. The van der Waals surface area contributed by atoms with Crippen LogP contribution < -0.4 is 4.74 Å². The molecule has 1 aromatic carbocycles. The first-order valence-corrected chi connectivity index (χ1v) is 7.05. The van der Waals surface area contributed by atoms with Crippen LogP contribution in [0.2, 0.25) is 5.15 Å². The Morgan fingerprint density at radius 2 is 1.87 bits per heavy atom. The number of halogens is 4. The fourth-order valence-corrected chi connectivity index (χ4v) is 2.29. The van der Waals surface area contributed by atoms with E-state index in [1.807, 2.05) is 0 Å². The summed E-state index contributed by atoms with van der Waals surface area (Å²) in [5.41, 5.74) is 1.61. The highest BCUT2D eigenvalue weighted by molar-refractivity contribution is 6.34. The highest BCUT2D eigenvalue weighted by Gasteiger charge is 2.28. The normalized spacial score (nSPS) is 11.8. The molecule has 0 N–H and O–H groups in total. The van der Waals surface area contributed by atoms with Gasteiger partial charge >= 0.3 is 6.18 Å². The van der Waals surface area contributed by atoms with Crippen LogP contribution in [0, 0.1) is 0 Å². The van der Waals surface area contributed by atoms with E-state index in [-0.39, 0.29) is 5.75 Å². The van der Waals surface area contributed by atoms with Gasteiger partial charge in [-0.2, -0.15) is 18.3 Å². The van der Waals surface area contributed by atoms with Gasteiger partial charge in [0.25, 0.3) is 0 Å². The Morgan fingerprint density at radius 1 is 1.13 bits per heavy atom. The molecule has 0 bridgehead atoms. The lowest BCUT2D eigenvalue weighted by atomic mass is 10.2. The van der Waals surface area contributed by atoms with Gasteiger partial charge < -0.3 is 4.74 Å². The Bertz CT molecular complexity index is 815. The van der Waals surface area contributed by atoms with Crippen molar-refractivity contribution >= 4 is 22.5 Å². The topological polar surface area (TPSA) is 39.9 Å². The summed E-state index contributed by atoms with van der Waals surface area (Å²) in [7, 11) is 0. The SMILES string of the molecule is FC(F)(F)COc1ccc(Cn2cc3c(Cl)nccc3n2)cc1. The average molecular weight is 342 g/mol. The first kappa shape index (κ1) is 15.6. The molecule has 0 amide bonds. The predicted molar refractivity (Wildman–Crippen MR) is 79.6 cm³/mol. The third-order valence-corrected chi connectivity index (χ3v) is 3.40. The van der Waals surface area contributed by atoms with E-state index in [0.29, 0.717) is 11.7 Å². The fraction of sp³-hybridized carbons (Fsp3) is 0.200. The van der Waals surface area contributed by atoms with Crippen LogP contribution in [0.5, 0.6) is 5.75 Å². The van der Waals surface area contributed by atoms with E-state index >= 15 is 0 Å². The Balaban J connectivity index is 1.71. The molecular formula is C15H11ClF3N3O. The highest BCUT2D eigenvalue weighted by atomic mass is 35.5. The summed E-state index contributed by atoms with van der Waals surface area (Å²) in [5.74, 6) is 0.170. The van der Waals surface area contributed by atoms with Crippen molar-refractivity contribution in [3.8, 4) is 5.75 Å². The molecule has 0 aliphatic rings. The lowest BCUT2D eigenvalue weighted by Gasteiger charge is -2.09. The summed E-state index contributed by atoms with van der Waals surface area (Å²) in [6.45, 7) is -0.840. The minimum absolute atomic E-state index is 0.170. The molecule has 0 aliphatic heterocycles. The molecule has 0 unspecified atom stereocenters. The molecule has 23 heavy (non-hydrogen) atoms. The average Bonchev–Trinajstić information content (AvgIpc) is 2.90. The van der Waals surface area contributed by atoms with Crippen LogP contribution in [0.1, 0.15) is 5.56 Å². The van der Waals surface area contributed by atoms with E-state index in [0.717, 1.165) is 16.5 Å². The van der Waals surface area contributed by atoms with Crippen molar-refractivity contribution in [1.29, 1.82) is 0 Å². The molecule has 8 heteroatoms. The molecular weight excluding hydrogens is 331 g/mol. The van der Waals surface area contributed by atoms with Crippen LogP contribution in [0.4, 0.5) is 13.2 Å². The Morgan fingerprint density at radius 3 is 2.52 bits per heavy atom. The maximum absolute atomic E-state index is 12.1. The van der Waals surface area contributed by atoms with Gasteiger partial charge in [-0.05, 0) is 23.8 Å². The third-order valence-electron chi connectivity index (χ3n) is 3.10. The van der Waals surface area contributed by atoms with Crippen LogP contribution in [0.3, 0.4) is 0 Å². The van der Waals surface area contributed by atoms with Gasteiger partial charge in [0, 0.05) is 12.4 Å². The monoisotopic (exact) mass is 341 g/mol. The Labute approximate surface area is 134 Å². The van der Waals surface area contributed by atoms with Crippen molar-refractivity contribution in [3.05, 3.63) is 53.4 Å². The number of rotatable bonds is 4. The molecule has 2 aromatic heterocycles. The maximum atomic E-state index is 12.1. The quantitative estimate of drug-likeness (QED) is 0.671. The molecule has 3 aromatic rings. The number of nitrogens with zero attached hydrogens (tertiary/aromatic N) is 3. The van der Waals surface area contributed by atoms with Crippen LogP contribution in [-0.2, 0) is 6.54 Å². The molecule has 0 saturated heterocycles. The van der Waals surface area contributed by atoms with Crippen LogP contribution in [0.15, 0.2) is 42.7 Å². The summed E-state index contributed by atoms with van der Waals surface area (Å²) in [4.78, 5) is 3.98. The van der Waals surface area contributed by atoms with Crippen LogP contribution in [0.25, 0.3) is 10.9 Å². The fourth-order valence-electron chi connectivity index (χ4n) is 2.09. The standard InChI is InChI=1S/C15H11ClF3N3O/c16-14-12-8-22(21-13(12)5-6-20-14)7-10-1-3-11(4-2-10)23-9-15(17,18)19/h1-6,8H,7,9H2. The third kappa shape index (κ3) is 3.92. The molecule has 3 rings (SSSR count). The summed E-state index contributed by atoms with van der Waals surface area (Å²) in [6.07, 6.45) is -0.991. The Hall–Kier alpha value is -2.28. The number of hydrogen-bond acceptors (Lipinski definition) is 3. The van der Waals surface area contributed by atoms with Crippen molar-refractivity contribution in [3.63, 3.8) is 0 Å². The van der Waals surface area contributed by atoms with Crippen molar-refractivity contribution < 1.29 is 17.9 Å². The van der Waals surface area contributed by atoms with E-state index in [2.05, 4.69) is 14.8 Å². The second-order valence-electron chi connectivity index (χ2n) is 4.91. The van der Waals surface area contributed by atoms with Gasteiger partial charge in [0.2, 0.25) is 0 Å². The van der Waals surface area contributed by atoms with Crippen molar-refractivity contribution in [2.24, 2.45) is 0 Å². The molecule has 2 heterocycles. The number of aromatic nitrogens is 3.